The summed E-state index contributed by atoms with van der Waals surface area (Å²) in [5.41, 5.74) is 0. The molecule has 3 heteroatoms. The predicted molar refractivity (Wildman–Crippen MR) is 73.7 cm³/mol. The third-order valence-electron chi connectivity index (χ3n) is 4.86. The van der Waals surface area contributed by atoms with Crippen molar-refractivity contribution in [3.05, 3.63) is 0 Å². The molecule has 18 heavy (non-hydrogen) atoms. The highest BCUT2D eigenvalue weighted by Gasteiger charge is 2.40. The van der Waals surface area contributed by atoms with Crippen LogP contribution >= 0.6 is 0 Å². The fourth-order valence-electron chi connectivity index (χ4n) is 3.36. The van der Waals surface area contributed by atoms with Gasteiger partial charge in [-0.2, -0.15) is 0 Å². The fourth-order valence-corrected chi connectivity index (χ4v) is 3.36. The maximum atomic E-state index is 5.57. The summed E-state index contributed by atoms with van der Waals surface area (Å²) in [6.45, 7) is 7.64. The first-order valence-corrected chi connectivity index (χ1v) is 7.93. The van der Waals surface area contributed by atoms with Gasteiger partial charge in [0.25, 0.3) is 0 Å². The predicted octanol–water partition coefficient (Wildman–Crippen LogP) is 1.88. The largest absolute Gasteiger partial charge is 0.378 e. The first kappa shape index (κ1) is 12.9. The molecule has 3 aliphatic rings. The Morgan fingerprint density at radius 2 is 1.94 bits per heavy atom. The summed E-state index contributed by atoms with van der Waals surface area (Å²) in [5, 5.41) is 3.85. The van der Waals surface area contributed by atoms with Gasteiger partial charge < -0.3 is 10.1 Å². The van der Waals surface area contributed by atoms with E-state index in [1.54, 1.807) is 0 Å². The number of nitrogens with zero attached hydrogens (tertiary/aromatic N) is 1. The summed E-state index contributed by atoms with van der Waals surface area (Å²) in [6, 6.07) is 1.51. The summed E-state index contributed by atoms with van der Waals surface area (Å²) in [6.07, 6.45) is 7.12. The van der Waals surface area contributed by atoms with Crippen LogP contribution in [-0.2, 0) is 4.74 Å². The lowest BCUT2D eigenvalue weighted by atomic mass is 10.1. The molecule has 3 nitrogen and oxygen atoms in total. The zero-order valence-corrected chi connectivity index (χ0v) is 11.7. The molecule has 1 heterocycles. The van der Waals surface area contributed by atoms with Gasteiger partial charge in [-0.05, 0) is 43.9 Å². The van der Waals surface area contributed by atoms with Crippen molar-refractivity contribution in [2.24, 2.45) is 11.8 Å². The summed E-state index contributed by atoms with van der Waals surface area (Å²) in [7, 11) is 0. The molecule has 1 N–H and O–H groups in total. The van der Waals surface area contributed by atoms with Crippen molar-refractivity contribution in [2.75, 3.05) is 32.8 Å². The molecule has 0 amide bonds. The zero-order valence-electron chi connectivity index (χ0n) is 11.7. The normalized spacial score (nSPS) is 30.0. The third-order valence-corrected chi connectivity index (χ3v) is 4.86. The minimum Gasteiger partial charge on any atom is -0.378 e. The SMILES string of the molecule is CCC1COCCN1CCNC(C1CC1)C1CC1. The molecule has 1 saturated heterocycles. The van der Waals surface area contributed by atoms with Crippen LogP contribution in [0.2, 0.25) is 0 Å². The average molecular weight is 252 g/mol. The van der Waals surface area contributed by atoms with Crippen LogP contribution in [0.5, 0.6) is 0 Å². The Bertz CT molecular complexity index is 251. The van der Waals surface area contributed by atoms with E-state index < -0.39 is 0 Å². The molecule has 1 aliphatic heterocycles. The van der Waals surface area contributed by atoms with Crippen LogP contribution in [0.15, 0.2) is 0 Å². The van der Waals surface area contributed by atoms with Gasteiger partial charge in [0.15, 0.2) is 0 Å². The van der Waals surface area contributed by atoms with Crippen molar-refractivity contribution in [3.63, 3.8) is 0 Å². The smallest absolute Gasteiger partial charge is 0.0622 e. The van der Waals surface area contributed by atoms with Gasteiger partial charge in [-0.3, -0.25) is 4.90 Å². The molecule has 0 aromatic carbocycles. The van der Waals surface area contributed by atoms with Gasteiger partial charge in [-0.25, -0.2) is 0 Å². The lowest BCUT2D eigenvalue weighted by Gasteiger charge is -2.35. The number of ether oxygens (including phenoxy) is 1. The second-order valence-electron chi connectivity index (χ2n) is 6.33. The zero-order chi connectivity index (χ0) is 12.4. The number of morpholine rings is 1. The van der Waals surface area contributed by atoms with Crippen LogP contribution in [-0.4, -0.2) is 49.8 Å². The summed E-state index contributed by atoms with van der Waals surface area (Å²) in [4.78, 5) is 2.62. The standard InChI is InChI=1S/C15H28N2O/c1-2-14-11-18-10-9-17(14)8-7-16-15(12-3-4-12)13-5-6-13/h12-16H,2-11H2,1H3. The quantitative estimate of drug-likeness (QED) is 0.749. The Morgan fingerprint density at radius 3 is 2.56 bits per heavy atom. The van der Waals surface area contributed by atoms with Crippen LogP contribution < -0.4 is 5.32 Å². The Morgan fingerprint density at radius 1 is 1.22 bits per heavy atom. The van der Waals surface area contributed by atoms with E-state index in [-0.39, 0.29) is 0 Å². The number of nitrogens with one attached hydrogen (secondary N) is 1. The minimum atomic E-state index is 0.654. The van der Waals surface area contributed by atoms with Crippen LogP contribution in [0.1, 0.15) is 39.0 Å². The minimum absolute atomic E-state index is 0.654. The van der Waals surface area contributed by atoms with E-state index in [4.69, 9.17) is 4.74 Å². The van der Waals surface area contributed by atoms with Gasteiger partial charge in [-0.15, -0.1) is 0 Å². The number of hydrogen-bond acceptors (Lipinski definition) is 3. The highest BCUT2D eigenvalue weighted by molar-refractivity contribution is 4.96. The topological polar surface area (TPSA) is 24.5 Å². The second kappa shape index (κ2) is 5.89. The molecule has 3 fully saturated rings. The Labute approximate surface area is 111 Å². The van der Waals surface area contributed by atoms with Gasteiger partial charge in [0, 0.05) is 31.7 Å². The Kier molecular flexibility index (Phi) is 4.22. The molecule has 1 atom stereocenters. The molecule has 0 aromatic heterocycles. The monoisotopic (exact) mass is 252 g/mol. The molecule has 1 unspecified atom stereocenters. The van der Waals surface area contributed by atoms with Crippen LogP contribution in [0.4, 0.5) is 0 Å². The van der Waals surface area contributed by atoms with Gasteiger partial charge >= 0.3 is 0 Å². The first-order valence-electron chi connectivity index (χ1n) is 7.93. The molecule has 0 spiro atoms. The third kappa shape index (κ3) is 3.25. The van der Waals surface area contributed by atoms with Crippen molar-refractivity contribution in [3.8, 4) is 0 Å². The molecule has 0 aromatic rings. The van der Waals surface area contributed by atoms with E-state index in [1.807, 2.05) is 0 Å². The van der Waals surface area contributed by atoms with Crippen LogP contribution in [0.3, 0.4) is 0 Å². The summed E-state index contributed by atoms with van der Waals surface area (Å²) < 4.78 is 5.57. The van der Waals surface area contributed by atoms with E-state index in [0.29, 0.717) is 6.04 Å². The lowest BCUT2D eigenvalue weighted by Crippen LogP contribution is -2.48. The average Bonchev–Trinajstić information content (AvgIpc) is 3.28. The Balaban J connectivity index is 1.39. The van der Waals surface area contributed by atoms with Gasteiger partial charge in [0.1, 0.15) is 0 Å². The lowest BCUT2D eigenvalue weighted by molar-refractivity contribution is -0.00823. The molecular formula is C15H28N2O. The molecule has 3 rings (SSSR count). The molecular weight excluding hydrogens is 224 g/mol. The molecule has 0 radical (unpaired) electrons. The highest BCUT2D eigenvalue weighted by Crippen LogP contribution is 2.44. The van der Waals surface area contributed by atoms with Crippen molar-refractivity contribution in [1.29, 1.82) is 0 Å². The number of hydrogen-bond donors (Lipinski definition) is 1. The number of rotatable bonds is 7. The van der Waals surface area contributed by atoms with Crippen molar-refractivity contribution in [1.82, 2.24) is 10.2 Å². The molecule has 0 bridgehead atoms. The van der Waals surface area contributed by atoms with E-state index in [9.17, 15) is 0 Å². The van der Waals surface area contributed by atoms with Crippen molar-refractivity contribution >= 4 is 0 Å². The highest BCUT2D eigenvalue weighted by atomic mass is 16.5. The maximum Gasteiger partial charge on any atom is 0.0622 e. The van der Waals surface area contributed by atoms with Gasteiger partial charge in [-0.1, -0.05) is 6.92 Å². The van der Waals surface area contributed by atoms with E-state index in [0.717, 1.165) is 37.6 Å². The second-order valence-corrected chi connectivity index (χ2v) is 6.33. The summed E-state index contributed by atoms with van der Waals surface area (Å²) >= 11 is 0. The van der Waals surface area contributed by atoms with Crippen molar-refractivity contribution < 1.29 is 4.74 Å². The van der Waals surface area contributed by atoms with Gasteiger partial charge in [0.2, 0.25) is 0 Å². The van der Waals surface area contributed by atoms with Crippen LogP contribution in [0.25, 0.3) is 0 Å². The van der Waals surface area contributed by atoms with E-state index in [2.05, 4.69) is 17.1 Å². The van der Waals surface area contributed by atoms with Crippen molar-refractivity contribution in [2.45, 2.75) is 51.1 Å². The fraction of sp³-hybridized carbons (Fsp3) is 1.00. The molecule has 2 aliphatic carbocycles. The Hall–Kier alpha value is -0.120. The first-order chi connectivity index (χ1) is 8.88. The maximum absolute atomic E-state index is 5.57. The van der Waals surface area contributed by atoms with Crippen LogP contribution in [0, 0.1) is 11.8 Å². The summed E-state index contributed by atoms with van der Waals surface area (Å²) in [5.74, 6) is 2.04. The van der Waals surface area contributed by atoms with E-state index >= 15 is 0 Å². The van der Waals surface area contributed by atoms with Gasteiger partial charge in [0.05, 0.1) is 13.2 Å². The molecule has 104 valence electrons. The van der Waals surface area contributed by atoms with E-state index in [1.165, 1.54) is 45.2 Å². The molecule has 2 saturated carbocycles.